The van der Waals surface area contributed by atoms with Crippen LogP contribution in [0.4, 0.5) is 0 Å². The van der Waals surface area contributed by atoms with Crippen LogP contribution in [0.15, 0.2) is 115 Å². The number of carbonyl (C=O) groups excluding carboxylic acids is 1. The van der Waals surface area contributed by atoms with Crippen molar-refractivity contribution in [3.63, 3.8) is 0 Å². The molecule has 3 fully saturated rings. The maximum Gasteiger partial charge on any atom is 0.337 e. The molecule has 76 heavy (non-hydrogen) atoms. The van der Waals surface area contributed by atoms with Gasteiger partial charge >= 0.3 is 5.97 Å². The minimum Gasteiger partial charge on any atom is -0.508 e. The number of esters is 1. The quantitative estimate of drug-likeness (QED) is 0.0670. The van der Waals surface area contributed by atoms with E-state index in [9.17, 15) is 35.4 Å². The van der Waals surface area contributed by atoms with Gasteiger partial charge in [0.2, 0.25) is 0 Å². The SMILES string of the molecule is C/C=C(\C(=O)O[C@@H]1Cc2c3c(c4oc(CO)cc(=O)c4c2O)[C@H]2C4=CCNC(N)=C4[C@@H](CCc4ccc(O)cc4[C@@H]2CO)[C@@H]2CCC4=C5CC[C@@H](C)NC5NC=C4C[C@@H]2[C@]1(C)O3)[C@]1(O)CC[C@H](c2cccc(CO)c2)C1. The van der Waals surface area contributed by atoms with Crippen molar-refractivity contribution in [1.82, 2.24) is 16.0 Å². The van der Waals surface area contributed by atoms with Gasteiger partial charge in [-0.1, -0.05) is 42.5 Å². The number of fused-ring (bicyclic) bond motifs is 10. The summed E-state index contributed by atoms with van der Waals surface area (Å²) in [6, 6.07) is 14.5. The number of aryl methyl sites for hydroxylation is 1. The Bertz CT molecular complexity index is 3280. The van der Waals surface area contributed by atoms with Gasteiger partial charge < -0.3 is 60.9 Å². The van der Waals surface area contributed by atoms with Crippen LogP contribution in [0.2, 0.25) is 0 Å². The van der Waals surface area contributed by atoms with E-state index < -0.39 is 65.4 Å². The van der Waals surface area contributed by atoms with Gasteiger partial charge in [-0.3, -0.25) is 10.1 Å². The Hall–Kier alpha value is -6.36. The zero-order chi connectivity index (χ0) is 52.9. The van der Waals surface area contributed by atoms with Gasteiger partial charge in [-0.2, -0.15) is 0 Å². The van der Waals surface area contributed by atoms with Gasteiger partial charge in [-0.15, -0.1) is 0 Å². The number of nitrogens with two attached hydrogens (primary N) is 1. The average molecular weight is 1040 g/mol. The van der Waals surface area contributed by atoms with E-state index in [-0.39, 0.29) is 82.7 Å². The summed E-state index contributed by atoms with van der Waals surface area (Å²) in [7, 11) is 0. The van der Waals surface area contributed by atoms with Gasteiger partial charge in [0.15, 0.2) is 5.43 Å². The van der Waals surface area contributed by atoms with Crippen LogP contribution in [0.3, 0.4) is 0 Å². The van der Waals surface area contributed by atoms with Crippen molar-refractivity contribution < 1.29 is 49.3 Å². The van der Waals surface area contributed by atoms with E-state index in [0.717, 1.165) is 58.7 Å². The minimum absolute atomic E-state index is 0.0118. The number of phenols is 2. The van der Waals surface area contributed by atoms with Crippen LogP contribution < -0.4 is 31.8 Å². The maximum absolute atomic E-state index is 15.4. The second-order valence-electron chi connectivity index (χ2n) is 23.0. The van der Waals surface area contributed by atoms with Crippen molar-refractivity contribution in [2.24, 2.45) is 23.5 Å². The molecule has 4 aromatic rings. The van der Waals surface area contributed by atoms with Gasteiger partial charge in [0.05, 0.1) is 30.6 Å². The van der Waals surface area contributed by atoms with Crippen LogP contribution in [0.5, 0.6) is 17.2 Å². The van der Waals surface area contributed by atoms with E-state index in [1.54, 1.807) is 25.1 Å². The lowest BCUT2D eigenvalue weighted by molar-refractivity contribution is -0.171. The van der Waals surface area contributed by atoms with Crippen molar-refractivity contribution in [2.45, 2.75) is 152 Å². The molecule has 400 valence electrons. The Morgan fingerprint density at radius 1 is 1.00 bits per heavy atom. The largest absolute Gasteiger partial charge is 0.508 e. The molecule has 3 aliphatic carbocycles. The topological polar surface area (TPSA) is 249 Å². The summed E-state index contributed by atoms with van der Waals surface area (Å²) in [6.07, 6.45) is 10.9. The number of hydrogen-bond donors (Lipinski definition) is 10. The van der Waals surface area contributed by atoms with Crippen LogP contribution >= 0.6 is 0 Å². The lowest BCUT2D eigenvalue weighted by Gasteiger charge is -2.52. The number of nitrogens with one attached hydrogen (secondary N) is 3. The van der Waals surface area contributed by atoms with Crippen molar-refractivity contribution in [3.8, 4) is 17.2 Å². The zero-order valence-electron chi connectivity index (χ0n) is 43.5. The fourth-order valence-electron chi connectivity index (χ4n) is 15.3. The molecule has 3 aromatic carbocycles. The van der Waals surface area contributed by atoms with Crippen LogP contribution in [0.25, 0.3) is 11.0 Å². The third-order valence-electron chi connectivity index (χ3n) is 19.0. The molecule has 5 aliphatic heterocycles. The zero-order valence-corrected chi connectivity index (χ0v) is 43.5. The van der Waals surface area contributed by atoms with Crippen molar-refractivity contribution in [1.29, 1.82) is 0 Å². The van der Waals surface area contributed by atoms with Crippen molar-refractivity contribution in [2.75, 3.05) is 13.2 Å². The van der Waals surface area contributed by atoms with Gasteiger partial charge in [-0.25, -0.2) is 4.79 Å². The summed E-state index contributed by atoms with van der Waals surface area (Å²) in [6.45, 7) is 5.14. The highest BCUT2D eigenvalue weighted by Crippen LogP contribution is 2.62. The van der Waals surface area contributed by atoms with Crippen LogP contribution in [0, 0.1) is 17.8 Å². The summed E-state index contributed by atoms with van der Waals surface area (Å²) in [4.78, 5) is 29.9. The summed E-state index contributed by atoms with van der Waals surface area (Å²) in [5.41, 5.74) is 13.3. The first kappa shape index (κ1) is 50.5. The highest BCUT2D eigenvalue weighted by atomic mass is 16.6. The predicted molar refractivity (Wildman–Crippen MR) is 285 cm³/mol. The second-order valence-corrected chi connectivity index (χ2v) is 23.0. The third-order valence-corrected chi connectivity index (χ3v) is 19.0. The van der Waals surface area contributed by atoms with Gasteiger partial charge in [0, 0.05) is 60.2 Å². The molecule has 1 unspecified atom stereocenters. The highest BCUT2D eigenvalue weighted by molar-refractivity contribution is 5.93. The Labute approximate surface area is 441 Å². The molecule has 12 rings (SSSR count). The average Bonchev–Trinajstić information content (AvgIpc) is 3.74. The summed E-state index contributed by atoms with van der Waals surface area (Å²) >= 11 is 0. The number of aliphatic hydroxyl groups is 4. The number of phenolic OH excluding ortho intramolecular Hbond substituents is 2. The molecule has 8 aliphatic rings. The first-order chi connectivity index (χ1) is 36.7. The van der Waals surface area contributed by atoms with E-state index in [2.05, 4.69) is 35.2 Å². The van der Waals surface area contributed by atoms with Crippen LogP contribution in [-0.4, -0.2) is 79.3 Å². The van der Waals surface area contributed by atoms with E-state index in [1.807, 2.05) is 37.3 Å². The fraction of sp³-hybridized carbons (Fsp3) is 0.475. The molecule has 15 heteroatoms. The lowest BCUT2D eigenvalue weighted by atomic mass is 9.61. The normalized spacial score (nSPS) is 31.8. The minimum atomic E-state index is -1.55. The number of ether oxygens (including phenoxy) is 2. The Balaban J connectivity index is 1.10. The first-order valence-electron chi connectivity index (χ1n) is 27.4. The summed E-state index contributed by atoms with van der Waals surface area (Å²) in [5, 5.41) is 79.9. The van der Waals surface area contributed by atoms with E-state index >= 15 is 4.79 Å². The molecule has 11 N–H and O–H groups in total. The number of carbonyl (C=O) groups is 1. The molecule has 1 saturated heterocycles. The Morgan fingerprint density at radius 2 is 1.84 bits per heavy atom. The number of aliphatic hydroxyl groups excluding tert-OH is 3. The number of dihydropyridines is 2. The number of benzene rings is 3. The number of allylic oxidation sites excluding steroid dienone is 5. The summed E-state index contributed by atoms with van der Waals surface area (Å²) < 4.78 is 21.4. The van der Waals surface area contributed by atoms with Gasteiger partial charge in [0.1, 0.15) is 58.1 Å². The molecule has 0 amide bonds. The molecule has 0 spiro atoms. The Morgan fingerprint density at radius 3 is 2.63 bits per heavy atom. The summed E-state index contributed by atoms with van der Waals surface area (Å²) in [5.74, 6) is -3.04. The fourth-order valence-corrected chi connectivity index (χ4v) is 15.3. The lowest BCUT2D eigenvalue weighted by Crippen LogP contribution is -2.59. The number of piperidine rings is 1. The molecular formula is C61H70N4O11. The Kier molecular flexibility index (Phi) is 12.8. The van der Waals surface area contributed by atoms with E-state index in [1.165, 1.54) is 11.1 Å². The molecule has 15 nitrogen and oxygen atoms in total. The maximum atomic E-state index is 15.4. The molecule has 2 saturated carbocycles. The second kappa shape index (κ2) is 19.3. The molecule has 11 atom stereocenters. The standard InChI is InChI=1S/C61H70N4O11/c1-4-46(61(73)18-16-34(25-61)33-7-5-6-31(20-33)27-66)59(72)75-49-24-44-54(71)52-48(70)23-37(28-67)74-56(52)53-50-42-17-19-63-57(62)51(42)40(13-10-32-9-11-36(69)22-43(32)45(50)29-68)39-15-14-38-35(21-47(39)60(49,3)76-55(44)53)26-64-58-41(38)12-8-30(2)65-58/h4-7,9,11,17,20,22-23,26,30,34,39-40,45,47,49-50,58,63-69,71,73H,8,10,12-16,18-19,21,24-25,27-29,62H2,1-3H3/b46-4+/t30-,34+,39+,40+,45+,47+,49-,50+,58?,60+,61+/m1/s1. The van der Waals surface area contributed by atoms with Crippen molar-refractivity contribution in [3.05, 3.63) is 156 Å². The van der Waals surface area contributed by atoms with Crippen molar-refractivity contribution >= 4 is 16.9 Å². The molecule has 0 radical (unpaired) electrons. The molecular weight excluding hydrogens is 965 g/mol. The molecule has 6 heterocycles. The first-order valence-corrected chi connectivity index (χ1v) is 27.4. The monoisotopic (exact) mass is 1030 g/mol. The van der Waals surface area contributed by atoms with E-state index in [0.29, 0.717) is 68.1 Å². The molecule has 4 bridgehead atoms. The van der Waals surface area contributed by atoms with Crippen LogP contribution in [0.1, 0.15) is 135 Å². The van der Waals surface area contributed by atoms with E-state index in [4.69, 9.17) is 19.6 Å². The van der Waals surface area contributed by atoms with Gasteiger partial charge in [0.25, 0.3) is 0 Å². The third kappa shape index (κ3) is 8.09. The van der Waals surface area contributed by atoms with Gasteiger partial charge in [-0.05, 0) is 165 Å². The number of aromatic hydroxyl groups is 2. The highest BCUT2D eigenvalue weighted by Gasteiger charge is 2.59. The smallest absolute Gasteiger partial charge is 0.337 e. The van der Waals surface area contributed by atoms with Crippen LogP contribution in [-0.2, 0) is 35.6 Å². The number of hydrogen-bond acceptors (Lipinski definition) is 15. The number of rotatable bonds is 7. The molecule has 1 aromatic heterocycles. The predicted octanol–water partition coefficient (Wildman–Crippen LogP) is 6.87.